The fourth-order valence-corrected chi connectivity index (χ4v) is 2.22. The van der Waals surface area contributed by atoms with E-state index in [1.165, 1.54) is 16.7 Å². The molecule has 0 radical (unpaired) electrons. The molecule has 0 spiro atoms. The van der Waals surface area contributed by atoms with Crippen molar-refractivity contribution in [3.05, 3.63) is 52.7 Å². The molecule has 0 aliphatic heterocycles. The van der Waals surface area contributed by atoms with E-state index in [1.54, 1.807) is 19.2 Å². The van der Waals surface area contributed by atoms with Gasteiger partial charge in [0.2, 0.25) is 0 Å². The molecule has 2 N–H and O–H groups in total. The van der Waals surface area contributed by atoms with E-state index in [0.717, 1.165) is 0 Å². The van der Waals surface area contributed by atoms with Crippen LogP contribution in [0.1, 0.15) is 40.1 Å². The molecule has 0 saturated heterocycles. The SMILES string of the molecule is CNC(=O)c1ccc(NC(C)c2cc(C)cc(C)c2)nn1. The predicted molar refractivity (Wildman–Crippen MR) is 83.4 cm³/mol. The van der Waals surface area contributed by atoms with E-state index in [9.17, 15) is 4.79 Å². The van der Waals surface area contributed by atoms with Crippen LogP contribution in [-0.2, 0) is 0 Å². The molecule has 2 rings (SSSR count). The second-order valence-corrected chi connectivity index (χ2v) is 5.17. The van der Waals surface area contributed by atoms with Crippen LogP contribution < -0.4 is 10.6 Å². The van der Waals surface area contributed by atoms with E-state index in [2.05, 4.69) is 59.8 Å². The molecule has 0 saturated carbocycles. The van der Waals surface area contributed by atoms with Crippen LogP contribution in [0.15, 0.2) is 30.3 Å². The van der Waals surface area contributed by atoms with Gasteiger partial charge in [-0.15, -0.1) is 10.2 Å². The van der Waals surface area contributed by atoms with Crippen LogP contribution in [0.25, 0.3) is 0 Å². The van der Waals surface area contributed by atoms with Gasteiger partial charge >= 0.3 is 0 Å². The van der Waals surface area contributed by atoms with Crippen molar-refractivity contribution in [1.82, 2.24) is 15.5 Å². The van der Waals surface area contributed by atoms with Crippen LogP contribution in [0.3, 0.4) is 0 Å². The summed E-state index contributed by atoms with van der Waals surface area (Å²) in [7, 11) is 1.57. The number of carbonyl (C=O) groups is 1. The lowest BCUT2D eigenvalue weighted by Gasteiger charge is -2.16. The standard InChI is InChI=1S/C16H20N4O/c1-10-7-11(2)9-13(8-10)12(3)18-15-6-5-14(19-20-15)16(21)17-4/h5-9,12H,1-4H3,(H,17,21)(H,18,20). The Kier molecular flexibility index (Phi) is 4.52. The number of rotatable bonds is 4. The molecule has 1 aromatic heterocycles. The Morgan fingerprint density at radius 3 is 2.29 bits per heavy atom. The maximum absolute atomic E-state index is 11.4. The largest absolute Gasteiger partial charge is 0.362 e. The molecule has 2 aromatic rings. The number of benzene rings is 1. The molecule has 21 heavy (non-hydrogen) atoms. The van der Waals surface area contributed by atoms with Crippen molar-refractivity contribution in [2.75, 3.05) is 12.4 Å². The first-order valence-corrected chi connectivity index (χ1v) is 6.90. The first-order valence-electron chi connectivity index (χ1n) is 6.90. The monoisotopic (exact) mass is 284 g/mol. The third kappa shape index (κ3) is 3.78. The molecule has 1 heterocycles. The van der Waals surface area contributed by atoms with Gasteiger partial charge in [-0.3, -0.25) is 4.79 Å². The summed E-state index contributed by atoms with van der Waals surface area (Å²) in [6.07, 6.45) is 0. The Morgan fingerprint density at radius 2 is 1.76 bits per heavy atom. The number of aryl methyl sites for hydroxylation is 2. The Labute approximate surface area is 124 Å². The fraction of sp³-hybridized carbons (Fsp3) is 0.312. The van der Waals surface area contributed by atoms with Gasteiger partial charge in [-0.2, -0.15) is 0 Å². The molecule has 5 nitrogen and oxygen atoms in total. The van der Waals surface area contributed by atoms with E-state index in [0.29, 0.717) is 11.5 Å². The van der Waals surface area contributed by atoms with Crippen molar-refractivity contribution in [3.8, 4) is 0 Å². The zero-order valence-electron chi connectivity index (χ0n) is 12.8. The van der Waals surface area contributed by atoms with Gasteiger partial charge in [-0.25, -0.2) is 0 Å². The third-order valence-corrected chi connectivity index (χ3v) is 3.23. The van der Waals surface area contributed by atoms with Gasteiger partial charge in [0.05, 0.1) is 6.04 Å². The van der Waals surface area contributed by atoms with Gasteiger partial charge in [-0.05, 0) is 38.5 Å². The van der Waals surface area contributed by atoms with Gasteiger partial charge in [0.15, 0.2) is 5.69 Å². The van der Waals surface area contributed by atoms with Crippen LogP contribution in [0.4, 0.5) is 5.82 Å². The number of hydrogen-bond donors (Lipinski definition) is 2. The third-order valence-electron chi connectivity index (χ3n) is 3.23. The van der Waals surface area contributed by atoms with Gasteiger partial charge in [0.1, 0.15) is 5.82 Å². The number of carbonyl (C=O) groups excluding carboxylic acids is 1. The molecule has 110 valence electrons. The normalized spacial score (nSPS) is 11.8. The van der Waals surface area contributed by atoms with Crippen molar-refractivity contribution >= 4 is 11.7 Å². The maximum Gasteiger partial charge on any atom is 0.271 e. The molecule has 1 unspecified atom stereocenters. The summed E-state index contributed by atoms with van der Waals surface area (Å²) in [6.45, 7) is 6.24. The summed E-state index contributed by atoms with van der Waals surface area (Å²) >= 11 is 0. The van der Waals surface area contributed by atoms with Crippen LogP contribution >= 0.6 is 0 Å². The van der Waals surface area contributed by atoms with E-state index in [-0.39, 0.29) is 11.9 Å². The van der Waals surface area contributed by atoms with E-state index < -0.39 is 0 Å². The smallest absolute Gasteiger partial charge is 0.271 e. The van der Waals surface area contributed by atoms with E-state index in [1.807, 2.05) is 0 Å². The van der Waals surface area contributed by atoms with Gasteiger partial charge in [0.25, 0.3) is 5.91 Å². The van der Waals surface area contributed by atoms with Crippen LogP contribution in [0.2, 0.25) is 0 Å². The summed E-state index contributed by atoms with van der Waals surface area (Å²) in [5.74, 6) is 0.408. The van der Waals surface area contributed by atoms with Crippen LogP contribution in [0, 0.1) is 13.8 Å². The zero-order valence-corrected chi connectivity index (χ0v) is 12.8. The lowest BCUT2D eigenvalue weighted by atomic mass is 10.0. The highest BCUT2D eigenvalue weighted by Crippen LogP contribution is 2.20. The quantitative estimate of drug-likeness (QED) is 0.905. The van der Waals surface area contributed by atoms with Gasteiger partial charge < -0.3 is 10.6 Å². The Hall–Kier alpha value is -2.43. The maximum atomic E-state index is 11.4. The highest BCUT2D eigenvalue weighted by molar-refractivity contribution is 5.91. The average molecular weight is 284 g/mol. The highest BCUT2D eigenvalue weighted by atomic mass is 16.1. The second kappa shape index (κ2) is 6.35. The molecule has 1 atom stereocenters. The van der Waals surface area contributed by atoms with Crippen molar-refractivity contribution in [2.45, 2.75) is 26.8 Å². The highest BCUT2D eigenvalue weighted by Gasteiger charge is 2.09. The molecule has 5 heteroatoms. The topological polar surface area (TPSA) is 66.9 Å². The van der Waals surface area contributed by atoms with E-state index >= 15 is 0 Å². The molecule has 0 aliphatic rings. The lowest BCUT2D eigenvalue weighted by Crippen LogP contribution is -2.20. The molecular formula is C16H20N4O. The molecule has 1 amide bonds. The van der Waals surface area contributed by atoms with E-state index in [4.69, 9.17) is 0 Å². The number of hydrogen-bond acceptors (Lipinski definition) is 4. The lowest BCUT2D eigenvalue weighted by molar-refractivity contribution is 0.0957. The molecular weight excluding hydrogens is 264 g/mol. The Balaban J connectivity index is 2.12. The number of nitrogens with one attached hydrogen (secondary N) is 2. The van der Waals surface area contributed by atoms with Gasteiger partial charge in [0, 0.05) is 7.05 Å². The first-order chi connectivity index (χ1) is 9.99. The first kappa shape index (κ1) is 15.0. The average Bonchev–Trinajstić information content (AvgIpc) is 2.46. The van der Waals surface area contributed by atoms with Crippen LogP contribution in [-0.4, -0.2) is 23.2 Å². The van der Waals surface area contributed by atoms with Gasteiger partial charge in [-0.1, -0.05) is 29.3 Å². The minimum absolute atomic E-state index is 0.115. The number of anilines is 1. The van der Waals surface area contributed by atoms with Crippen LogP contribution in [0.5, 0.6) is 0 Å². The Bertz CT molecular complexity index is 617. The van der Waals surface area contributed by atoms with Crippen molar-refractivity contribution in [2.24, 2.45) is 0 Å². The second-order valence-electron chi connectivity index (χ2n) is 5.17. The summed E-state index contributed by atoms with van der Waals surface area (Å²) in [4.78, 5) is 11.4. The summed E-state index contributed by atoms with van der Waals surface area (Å²) in [5, 5.41) is 13.8. The fourth-order valence-electron chi connectivity index (χ4n) is 2.22. The minimum Gasteiger partial charge on any atom is -0.362 e. The minimum atomic E-state index is -0.239. The van der Waals surface area contributed by atoms with Crippen molar-refractivity contribution in [1.29, 1.82) is 0 Å². The number of amides is 1. The summed E-state index contributed by atoms with van der Waals surface area (Å²) in [6, 6.07) is 9.98. The molecule has 1 aromatic carbocycles. The molecule has 0 fully saturated rings. The summed E-state index contributed by atoms with van der Waals surface area (Å²) < 4.78 is 0. The predicted octanol–water partition coefficient (Wildman–Crippen LogP) is 2.63. The molecule has 0 aliphatic carbocycles. The van der Waals surface area contributed by atoms with Crippen molar-refractivity contribution in [3.63, 3.8) is 0 Å². The molecule has 0 bridgehead atoms. The zero-order chi connectivity index (χ0) is 15.4. The number of nitrogens with zero attached hydrogens (tertiary/aromatic N) is 2. The van der Waals surface area contributed by atoms with Crippen molar-refractivity contribution < 1.29 is 4.79 Å². The summed E-state index contributed by atoms with van der Waals surface area (Å²) in [5.41, 5.74) is 3.98. The Morgan fingerprint density at radius 1 is 1.10 bits per heavy atom. The number of aromatic nitrogens is 2.